The van der Waals surface area contributed by atoms with Gasteiger partial charge in [-0.05, 0) is 31.5 Å². The molecule has 0 saturated carbocycles. The van der Waals surface area contributed by atoms with Crippen molar-refractivity contribution < 1.29 is 19.4 Å². The van der Waals surface area contributed by atoms with Gasteiger partial charge in [0, 0.05) is 10.4 Å². The molecule has 0 amide bonds. The van der Waals surface area contributed by atoms with Gasteiger partial charge in [0.1, 0.15) is 11.2 Å². The minimum absolute atomic E-state index is 0.0789. The van der Waals surface area contributed by atoms with Crippen LogP contribution in [0.1, 0.15) is 26.4 Å². The van der Waals surface area contributed by atoms with E-state index in [-0.39, 0.29) is 11.3 Å². The number of fused-ring (bicyclic) bond motifs is 1. The van der Waals surface area contributed by atoms with Gasteiger partial charge in [0.2, 0.25) is 0 Å². The number of carbonyl (C=O) groups excluding carboxylic acids is 1. The largest absolute Gasteiger partial charge is 0.545 e. The van der Waals surface area contributed by atoms with Crippen molar-refractivity contribution in [2.45, 2.75) is 13.8 Å². The number of hydrogen-bond donors (Lipinski definition) is 1. The second-order valence-electron chi connectivity index (χ2n) is 5.61. The third-order valence-electron chi connectivity index (χ3n) is 4.12. The van der Waals surface area contributed by atoms with Crippen molar-refractivity contribution in [3.05, 3.63) is 40.0 Å². The molecule has 3 aromatic rings. The van der Waals surface area contributed by atoms with Crippen molar-refractivity contribution in [1.29, 1.82) is 0 Å². The van der Waals surface area contributed by atoms with Gasteiger partial charge in [-0.25, -0.2) is 9.97 Å². The molecule has 0 bridgehead atoms. The van der Waals surface area contributed by atoms with Crippen LogP contribution >= 0.6 is 11.3 Å². The first-order valence-electron chi connectivity index (χ1n) is 7.94. The summed E-state index contributed by atoms with van der Waals surface area (Å²) in [5.41, 5.74) is 4.11. The predicted octanol–water partition coefficient (Wildman–Crippen LogP) is 2.13. The lowest BCUT2D eigenvalue weighted by molar-refractivity contribution is -0.255. The highest BCUT2D eigenvalue weighted by Crippen LogP contribution is 2.33. The Morgan fingerprint density at radius 1 is 1.26 bits per heavy atom. The Labute approximate surface area is 159 Å². The van der Waals surface area contributed by atoms with Crippen molar-refractivity contribution in [1.82, 2.24) is 9.97 Å². The molecule has 8 nitrogen and oxygen atoms in total. The van der Waals surface area contributed by atoms with Crippen molar-refractivity contribution in [3.8, 4) is 11.5 Å². The number of hydrogen-bond acceptors (Lipinski definition) is 9. The van der Waals surface area contributed by atoms with Crippen molar-refractivity contribution in [2.24, 2.45) is 5.10 Å². The molecule has 9 heteroatoms. The van der Waals surface area contributed by atoms with Crippen LogP contribution in [0.15, 0.2) is 23.6 Å². The molecule has 3 rings (SSSR count). The molecule has 27 heavy (non-hydrogen) atoms. The van der Waals surface area contributed by atoms with Crippen molar-refractivity contribution in [3.63, 3.8) is 0 Å². The smallest absolute Gasteiger partial charge is 0.170 e. The number of aromatic carboxylic acids is 1. The van der Waals surface area contributed by atoms with E-state index in [1.165, 1.54) is 26.8 Å². The molecule has 0 fully saturated rings. The number of aryl methyl sites for hydroxylation is 2. The lowest BCUT2D eigenvalue weighted by Gasteiger charge is -2.15. The van der Waals surface area contributed by atoms with E-state index in [4.69, 9.17) is 9.47 Å². The van der Waals surface area contributed by atoms with Gasteiger partial charge < -0.3 is 19.4 Å². The van der Waals surface area contributed by atoms with Gasteiger partial charge in [-0.15, -0.1) is 11.3 Å². The Hall–Kier alpha value is -3.20. The normalized spacial score (nSPS) is 11.1. The second-order valence-corrected chi connectivity index (χ2v) is 6.81. The number of aromatic nitrogens is 2. The number of ether oxygens (including phenoxy) is 2. The zero-order chi connectivity index (χ0) is 19.6. The Kier molecular flexibility index (Phi) is 5.22. The van der Waals surface area contributed by atoms with E-state index in [1.807, 2.05) is 13.8 Å². The van der Waals surface area contributed by atoms with Gasteiger partial charge in [0.25, 0.3) is 0 Å². The number of thiophene rings is 1. The molecule has 0 aliphatic heterocycles. The zero-order valence-corrected chi connectivity index (χ0v) is 16.0. The summed E-state index contributed by atoms with van der Waals surface area (Å²) in [4.78, 5) is 22.1. The number of carboxylic acid groups (broad SMARTS) is 1. The lowest BCUT2D eigenvalue weighted by Crippen LogP contribution is -2.25. The summed E-state index contributed by atoms with van der Waals surface area (Å²) in [6, 6.07) is 3.16. The predicted molar refractivity (Wildman–Crippen MR) is 102 cm³/mol. The Morgan fingerprint density at radius 3 is 2.70 bits per heavy atom. The molecule has 1 aromatic carbocycles. The minimum atomic E-state index is -1.39. The maximum Gasteiger partial charge on any atom is 0.170 e. The molecule has 2 aromatic heterocycles. The molecular weight excluding hydrogens is 368 g/mol. The highest BCUT2D eigenvalue weighted by Gasteiger charge is 2.15. The van der Waals surface area contributed by atoms with E-state index in [0.29, 0.717) is 17.1 Å². The standard InChI is InChI=1S/C18H18N4O4S/c1-9-10(2)27-17-13(9)16(19-8-20-17)22-21-7-11-5-6-12(25-3)15(26-4)14(11)18(23)24/h5-8H,1-4H3,(H,23,24)(H,19,20,22)/p-1/b21-7-. The SMILES string of the molecule is COc1ccc(/C=N\Nc2ncnc3sc(C)c(C)c23)c(C(=O)[O-])c1OC. The van der Waals surface area contributed by atoms with E-state index < -0.39 is 5.97 Å². The number of carbonyl (C=O) groups is 1. The van der Waals surface area contributed by atoms with Gasteiger partial charge in [-0.2, -0.15) is 5.10 Å². The monoisotopic (exact) mass is 385 g/mol. The fourth-order valence-corrected chi connectivity index (χ4v) is 3.69. The van der Waals surface area contributed by atoms with E-state index in [9.17, 15) is 9.90 Å². The molecule has 0 aliphatic rings. The van der Waals surface area contributed by atoms with Crippen molar-refractivity contribution >= 4 is 39.6 Å². The van der Waals surface area contributed by atoms with Crippen LogP contribution in [0.25, 0.3) is 10.2 Å². The maximum atomic E-state index is 11.6. The van der Waals surface area contributed by atoms with Crippen LogP contribution in [-0.4, -0.2) is 36.4 Å². The quantitative estimate of drug-likeness (QED) is 0.511. The summed E-state index contributed by atoms with van der Waals surface area (Å²) in [6.45, 7) is 4.01. The molecular formula is C18H17N4O4S-. The highest BCUT2D eigenvalue weighted by atomic mass is 32.1. The number of rotatable bonds is 6. The van der Waals surface area contributed by atoms with Crippen LogP contribution in [0.3, 0.4) is 0 Å². The third kappa shape index (κ3) is 3.41. The van der Waals surface area contributed by atoms with Gasteiger partial charge >= 0.3 is 0 Å². The summed E-state index contributed by atoms with van der Waals surface area (Å²) in [5.74, 6) is -0.464. The molecule has 0 unspecified atom stereocenters. The summed E-state index contributed by atoms with van der Waals surface area (Å²) in [7, 11) is 2.79. The van der Waals surface area contributed by atoms with E-state index in [2.05, 4.69) is 20.5 Å². The number of hydrazone groups is 1. The molecule has 1 N–H and O–H groups in total. The maximum absolute atomic E-state index is 11.6. The molecule has 0 saturated heterocycles. The molecule has 0 aliphatic carbocycles. The first-order chi connectivity index (χ1) is 13.0. The topological polar surface area (TPSA) is 109 Å². The Balaban J connectivity index is 1.97. The summed E-state index contributed by atoms with van der Waals surface area (Å²) in [5, 5.41) is 16.6. The average molecular weight is 385 g/mol. The van der Waals surface area contributed by atoms with Gasteiger partial charge in [0.05, 0.1) is 37.4 Å². The molecule has 140 valence electrons. The molecule has 0 spiro atoms. The fourth-order valence-electron chi connectivity index (χ4n) is 2.69. The van der Waals surface area contributed by atoms with Gasteiger partial charge in [0.15, 0.2) is 17.3 Å². The summed E-state index contributed by atoms with van der Waals surface area (Å²) < 4.78 is 10.3. The van der Waals surface area contributed by atoms with Crippen LogP contribution in [0.4, 0.5) is 5.82 Å². The van der Waals surface area contributed by atoms with Crippen LogP contribution in [0.2, 0.25) is 0 Å². The first-order valence-corrected chi connectivity index (χ1v) is 8.75. The fraction of sp³-hybridized carbons (Fsp3) is 0.222. The van der Waals surface area contributed by atoms with Gasteiger partial charge in [-0.1, -0.05) is 0 Å². The van der Waals surface area contributed by atoms with Gasteiger partial charge in [-0.3, -0.25) is 5.43 Å². The van der Waals surface area contributed by atoms with Crippen LogP contribution in [0, 0.1) is 13.8 Å². The number of carboxylic acids is 1. The van der Waals surface area contributed by atoms with Crippen molar-refractivity contribution in [2.75, 3.05) is 19.6 Å². The third-order valence-corrected chi connectivity index (χ3v) is 5.24. The van der Waals surface area contributed by atoms with E-state index in [0.717, 1.165) is 20.7 Å². The minimum Gasteiger partial charge on any atom is -0.545 e. The molecule has 2 heterocycles. The Bertz CT molecular complexity index is 1050. The number of anilines is 1. The lowest BCUT2D eigenvalue weighted by atomic mass is 10.1. The van der Waals surface area contributed by atoms with E-state index >= 15 is 0 Å². The number of methoxy groups -OCH3 is 2. The summed E-state index contributed by atoms with van der Waals surface area (Å²) >= 11 is 1.58. The van der Waals surface area contributed by atoms with E-state index in [1.54, 1.807) is 23.5 Å². The molecule has 0 atom stereocenters. The zero-order valence-electron chi connectivity index (χ0n) is 15.2. The summed E-state index contributed by atoms with van der Waals surface area (Å²) in [6.07, 6.45) is 2.83. The van der Waals surface area contributed by atoms with Crippen LogP contribution < -0.4 is 20.0 Å². The van der Waals surface area contributed by atoms with Crippen LogP contribution in [-0.2, 0) is 0 Å². The number of nitrogens with zero attached hydrogens (tertiary/aromatic N) is 3. The number of nitrogens with one attached hydrogen (secondary N) is 1. The number of benzene rings is 1. The second kappa shape index (κ2) is 7.58. The highest BCUT2D eigenvalue weighted by molar-refractivity contribution is 7.18. The average Bonchev–Trinajstić information content (AvgIpc) is 2.95. The molecule has 0 radical (unpaired) electrons. The first kappa shape index (κ1) is 18.6. The van der Waals surface area contributed by atoms with Crippen LogP contribution in [0.5, 0.6) is 11.5 Å². The Morgan fingerprint density at radius 2 is 2.04 bits per heavy atom.